The lowest BCUT2D eigenvalue weighted by Crippen LogP contribution is -2.32. The Labute approximate surface area is 130 Å². The van der Waals surface area contributed by atoms with Gasteiger partial charge in [0.25, 0.3) is 0 Å². The predicted molar refractivity (Wildman–Crippen MR) is 85.7 cm³/mol. The van der Waals surface area contributed by atoms with Crippen LogP contribution in [-0.4, -0.2) is 49.0 Å². The summed E-state index contributed by atoms with van der Waals surface area (Å²) in [4.78, 5) is 0.321. The van der Waals surface area contributed by atoms with Crippen molar-refractivity contribution in [3.63, 3.8) is 0 Å². The van der Waals surface area contributed by atoms with E-state index in [9.17, 15) is 8.42 Å². The zero-order valence-electron chi connectivity index (χ0n) is 11.8. The van der Waals surface area contributed by atoms with Gasteiger partial charge in [-0.1, -0.05) is 11.8 Å². The molecule has 0 atom stereocenters. The first-order valence-electron chi connectivity index (χ1n) is 6.92. The molecule has 1 heterocycles. The fourth-order valence-electron chi connectivity index (χ4n) is 2.04. The van der Waals surface area contributed by atoms with Gasteiger partial charge in [0.05, 0.1) is 11.5 Å². The molecule has 2 rings (SSSR count). The molecule has 1 aliphatic rings. The van der Waals surface area contributed by atoms with Crippen LogP contribution in [0.25, 0.3) is 0 Å². The fraction of sp³-hybridized carbons (Fsp3) is 0.467. The van der Waals surface area contributed by atoms with E-state index < -0.39 is 10.0 Å². The first kappa shape index (κ1) is 16.4. The molecule has 114 valence electrons. The third-order valence-electron chi connectivity index (χ3n) is 3.14. The monoisotopic (exact) mass is 325 g/mol. The molecule has 21 heavy (non-hydrogen) atoms. The van der Waals surface area contributed by atoms with E-state index in [0.29, 0.717) is 24.4 Å². The lowest BCUT2D eigenvalue weighted by Gasteiger charge is -2.19. The molecule has 0 spiro atoms. The number of aliphatic hydroxyl groups excluding tert-OH is 1. The molecular formula is C15H19NO3S2. The van der Waals surface area contributed by atoms with Crippen molar-refractivity contribution in [1.82, 2.24) is 4.31 Å². The van der Waals surface area contributed by atoms with Crippen molar-refractivity contribution in [2.45, 2.75) is 17.7 Å². The molecule has 1 aromatic carbocycles. The lowest BCUT2D eigenvalue weighted by molar-refractivity contribution is 0.305. The van der Waals surface area contributed by atoms with E-state index in [1.165, 1.54) is 0 Å². The summed E-state index contributed by atoms with van der Waals surface area (Å²) in [6, 6.07) is 6.64. The Bertz CT molecular complexity index is 607. The zero-order valence-corrected chi connectivity index (χ0v) is 13.4. The van der Waals surface area contributed by atoms with E-state index >= 15 is 0 Å². The van der Waals surface area contributed by atoms with Gasteiger partial charge in [-0.25, -0.2) is 8.42 Å². The van der Waals surface area contributed by atoms with Crippen LogP contribution in [0, 0.1) is 11.8 Å². The quantitative estimate of drug-likeness (QED) is 0.857. The van der Waals surface area contributed by atoms with Gasteiger partial charge in [0.15, 0.2) is 0 Å². The molecule has 1 aromatic rings. The summed E-state index contributed by atoms with van der Waals surface area (Å²) in [6.07, 6.45) is 1.32. The Kier molecular flexibility index (Phi) is 6.12. The van der Waals surface area contributed by atoms with Crippen LogP contribution < -0.4 is 0 Å². The van der Waals surface area contributed by atoms with E-state index in [1.807, 2.05) is 0 Å². The largest absolute Gasteiger partial charge is 0.395 e. The molecule has 0 aliphatic carbocycles. The van der Waals surface area contributed by atoms with Gasteiger partial charge < -0.3 is 5.11 Å². The number of thioether (sulfide) groups is 1. The Hall–Kier alpha value is -1.00. The van der Waals surface area contributed by atoms with Crippen molar-refractivity contribution in [2.75, 3.05) is 31.2 Å². The van der Waals surface area contributed by atoms with Crippen LogP contribution in [0.5, 0.6) is 0 Å². The third-order valence-corrected chi connectivity index (χ3v) is 6.10. The van der Waals surface area contributed by atoms with Gasteiger partial charge >= 0.3 is 0 Å². The van der Waals surface area contributed by atoms with Crippen LogP contribution in [0.1, 0.15) is 18.4 Å². The lowest BCUT2D eigenvalue weighted by atomic mass is 10.2. The summed E-state index contributed by atoms with van der Waals surface area (Å²) in [7, 11) is -3.40. The summed E-state index contributed by atoms with van der Waals surface area (Å²) < 4.78 is 26.7. The minimum absolute atomic E-state index is 0.0342. The average Bonchev–Trinajstić information content (AvgIpc) is 2.78. The van der Waals surface area contributed by atoms with Crippen LogP contribution in [-0.2, 0) is 10.0 Å². The maximum Gasteiger partial charge on any atom is 0.243 e. The van der Waals surface area contributed by atoms with Gasteiger partial charge in [0.2, 0.25) is 10.0 Å². The molecule has 1 fully saturated rings. The molecule has 0 saturated carbocycles. The second-order valence-corrected chi connectivity index (χ2v) is 7.83. The molecule has 0 unspecified atom stereocenters. The molecule has 0 bridgehead atoms. The van der Waals surface area contributed by atoms with Crippen molar-refractivity contribution >= 4 is 21.8 Å². The predicted octanol–water partition coefficient (Wildman–Crippen LogP) is 1.55. The minimum Gasteiger partial charge on any atom is -0.395 e. The normalized spacial score (nSPS) is 16.8. The second kappa shape index (κ2) is 7.85. The molecule has 1 saturated heterocycles. The third kappa shape index (κ3) is 4.48. The van der Waals surface area contributed by atoms with Gasteiger partial charge in [-0.15, -0.1) is 0 Å². The minimum atomic E-state index is -3.40. The molecular weight excluding hydrogens is 306 g/mol. The number of aliphatic hydroxyl groups is 1. The van der Waals surface area contributed by atoms with Gasteiger partial charge in [0.1, 0.15) is 0 Å². The molecule has 6 heteroatoms. The van der Waals surface area contributed by atoms with E-state index in [0.717, 1.165) is 23.5 Å². The van der Waals surface area contributed by atoms with Crippen LogP contribution in [0.3, 0.4) is 0 Å². The smallest absolute Gasteiger partial charge is 0.243 e. The first-order chi connectivity index (χ1) is 10.1. The van der Waals surface area contributed by atoms with Crippen molar-refractivity contribution in [1.29, 1.82) is 0 Å². The van der Waals surface area contributed by atoms with Crippen molar-refractivity contribution < 1.29 is 13.5 Å². The highest BCUT2D eigenvalue weighted by molar-refractivity contribution is 7.99. The average molecular weight is 325 g/mol. The van der Waals surface area contributed by atoms with Gasteiger partial charge in [0, 0.05) is 30.8 Å². The van der Waals surface area contributed by atoms with Crippen LogP contribution in [0.15, 0.2) is 29.2 Å². The highest BCUT2D eigenvalue weighted by atomic mass is 32.2. The Morgan fingerprint density at radius 1 is 1.19 bits per heavy atom. The standard InChI is InChI=1S/C15H19NO3S2/c17-11-2-1-4-14-5-7-15(8-6-14)21(18,19)16-9-3-12-20-13-10-16/h5-8,17H,2-3,9-13H2. The Balaban J connectivity index is 2.15. The number of hydrogen-bond acceptors (Lipinski definition) is 4. The van der Waals surface area contributed by atoms with E-state index in [-0.39, 0.29) is 6.61 Å². The molecule has 0 radical (unpaired) electrons. The van der Waals surface area contributed by atoms with E-state index in [1.54, 1.807) is 40.3 Å². The number of hydrogen-bond donors (Lipinski definition) is 1. The van der Waals surface area contributed by atoms with Crippen molar-refractivity contribution in [3.05, 3.63) is 29.8 Å². The Morgan fingerprint density at radius 2 is 1.95 bits per heavy atom. The number of benzene rings is 1. The Morgan fingerprint density at radius 3 is 2.67 bits per heavy atom. The summed E-state index contributed by atoms with van der Waals surface area (Å²) in [5, 5.41) is 8.67. The number of nitrogens with zero attached hydrogens (tertiary/aromatic N) is 1. The van der Waals surface area contributed by atoms with Crippen LogP contribution in [0.4, 0.5) is 0 Å². The zero-order chi connectivity index (χ0) is 15.1. The second-order valence-electron chi connectivity index (χ2n) is 4.67. The van der Waals surface area contributed by atoms with Gasteiger partial charge in [-0.3, -0.25) is 0 Å². The van der Waals surface area contributed by atoms with Gasteiger partial charge in [-0.05, 0) is 36.4 Å². The SMILES string of the molecule is O=S(=O)(c1ccc(C#CCCO)cc1)N1CCCSCC1. The fourth-order valence-corrected chi connectivity index (χ4v) is 4.52. The van der Waals surface area contributed by atoms with E-state index in [4.69, 9.17) is 5.11 Å². The molecule has 1 N–H and O–H groups in total. The molecule has 0 amide bonds. The van der Waals surface area contributed by atoms with E-state index in [2.05, 4.69) is 11.8 Å². The first-order valence-corrected chi connectivity index (χ1v) is 9.52. The molecule has 0 aromatic heterocycles. The van der Waals surface area contributed by atoms with Crippen molar-refractivity contribution in [3.8, 4) is 11.8 Å². The maximum absolute atomic E-state index is 12.6. The van der Waals surface area contributed by atoms with Crippen LogP contribution >= 0.6 is 11.8 Å². The van der Waals surface area contributed by atoms with Crippen molar-refractivity contribution in [2.24, 2.45) is 0 Å². The number of sulfonamides is 1. The number of rotatable bonds is 3. The summed E-state index contributed by atoms with van der Waals surface area (Å²) in [5.41, 5.74) is 0.758. The maximum atomic E-state index is 12.6. The topological polar surface area (TPSA) is 57.6 Å². The molecule has 4 nitrogen and oxygen atoms in total. The summed E-state index contributed by atoms with van der Waals surface area (Å²) in [6.45, 7) is 1.20. The summed E-state index contributed by atoms with van der Waals surface area (Å²) in [5.74, 6) is 7.58. The summed E-state index contributed by atoms with van der Waals surface area (Å²) >= 11 is 1.80. The van der Waals surface area contributed by atoms with Gasteiger partial charge in [-0.2, -0.15) is 16.1 Å². The highest BCUT2D eigenvalue weighted by Gasteiger charge is 2.24. The highest BCUT2D eigenvalue weighted by Crippen LogP contribution is 2.20. The molecule has 1 aliphatic heterocycles. The van der Waals surface area contributed by atoms with Crippen LogP contribution in [0.2, 0.25) is 0 Å².